The maximum atomic E-state index is 12.1. The van der Waals surface area contributed by atoms with Crippen LogP contribution in [0.1, 0.15) is 36.6 Å². The molecule has 1 aliphatic carbocycles. The number of aryl methyl sites for hydroxylation is 1. The van der Waals surface area contributed by atoms with E-state index < -0.39 is 6.09 Å². The Kier molecular flexibility index (Phi) is 4.67. The minimum atomic E-state index is -0.540. The maximum Gasteiger partial charge on any atom is 0.418 e. The molecule has 1 N–H and O–H groups in total. The van der Waals surface area contributed by atoms with Crippen LogP contribution in [0.2, 0.25) is 0 Å². The van der Waals surface area contributed by atoms with Gasteiger partial charge in [-0.1, -0.05) is 36.0 Å². The Hall–Kier alpha value is -2.73. The maximum absolute atomic E-state index is 12.1. The predicted molar refractivity (Wildman–Crippen MR) is 103 cm³/mol. The first kappa shape index (κ1) is 16.7. The first-order chi connectivity index (χ1) is 12.7. The zero-order valence-corrected chi connectivity index (χ0v) is 15.3. The minimum absolute atomic E-state index is 0.498. The van der Waals surface area contributed by atoms with E-state index in [0.717, 1.165) is 21.8 Å². The average molecular weight is 365 g/mol. The topological polar surface area (TPSA) is 64.1 Å². The second kappa shape index (κ2) is 7.25. The molecule has 3 aromatic rings. The fourth-order valence-electron chi connectivity index (χ4n) is 2.94. The number of nitrogens with one attached hydrogen (secondary N) is 1. The Balaban J connectivity index is 1.49. The quantitative estimate of drug-likeness (QED) is 0.673. The molecule has 2 heterocycles. The third-order valence-corrected chi connectivity index (χ3v) is 5.65. The number of hydrogen-bond acceptors (Lipinski definition) is 5. The summed E-state index contributed by atoms with van der Waals surface area (Å²) in [4.78, 5) is 22.1. The number of nitrogens with zero attached hydrogens (tertiary/aromatic N) is 2. The van der Waals surface area contributed by atoms with Gasteiger partial charge in [0, 0.05) is 17.8 Å². The van der Waals surface area contributed by atoms with Crippen molar-refractivity contribution in [3.05, 3.63) is 60.0 Å². The largest absolute Gasteiger partial charge is 0.418 e. The summed E-state index contributed by atoms with van der Waals surface area (Å²) >= 11 is 1.45. The van der Waals surface area contributed by atoms with E-state index in [9.17, 15) is 4.79 Å². The van der Waals surface area contributed by atoms with Crippen LogP contribution >= 0.6 is 11.3 Å². The van der Waals surface area contributed by atoms with Gasteiger partial charge in [0.25, 0.3) is 0 Å². The number of para-hydroxylation sites is 1. The van der Waals surface area contributed by atoms with E-state index in [4.69, 9.17) is 4.74 Å². The van der Waals surface area contributed by atoms with Crippen molar-refractivity contribution in [1.29, 1.82) is 0 Å². The van der Waals surface area contributed by atoms with Gasteiger partial charge >= 0.3 is 6.09 Å². The van der Waals surface area contributed by atoms with Crippen LogP contribution in [-0.4, -0.2) is 16.1 Å². The van der Waals surface area contributed by atoms with Crippen LogP contribution in [-0.2, 0) is 0 Å². The number of carbonyl (C=O) groups is 1. The van der Waals surface area contributed by atoms with Gasteiger partial charge in [-0.25, -0.2) is 9.78 Å². The van der Waals surface area contributed by atoms with E-state index in [0.29, 0.717) is 16.8 Å². The van der Waals surface area contributed by atoms with Gasteiger partial charge in [-0.15, -0.1) is 0 Å². The van der Waals surface area contributed by atoms with Gasteiger partial charge in [0.15, 0.2) is 5.13 Å². The lowest BCUT2D eigenvalue weighted by molar-refractivity contribution is 0.215. The number of hydrogen-bond donors (Lipinski definition) is 1. The summed E-state index contributed by atoms with van der Waals surface area (Å²) in [7, 11) is 0. The van der Waals surface area contributed by atoms with E-state index in [-0.39, 0.29) is 0 Å². The Bertz CT molecular complexity index is 920. The minimum Gasteiger partial charge on any atom is -0.410 e. The highest BCUT2D eigenvalue weighted by molar-refractivity contribution is 7.19. The number of amides is 1. The molecule has 26 heavy (non-hydrogen) atoms. The highest BCUT2D eigenvalue weighted by atomic mass is 32.1. The molecule has 1 aromatic carbocycles. The Morgan fingerprint density at radius 2 is 2.04 bits per heavy atom. The summed E-state index contributed by atoms with van der Waals surface area (Å²) in [5.74, 6) is 1.08. The molecule has 0 atom stereocenters. The zero-order chi connectivity index (χ0) is 17.9. The number of aromatic nitrogens is 2. The van der Waals surface area contributed by atoms with Crippen LogP contribution in [0.5, 0.6) is 5.75 Å². The Morgan fingerprint density at radius 3 is 2.77 bits per heavy atom. The van der Waals surface area contributed by atoms with Gasteiger partial charge in [-0.05, 0) is 49.6 Å². The predicted octanol–water partition coefficient (Wildman–Crippen LogP) is 5.39. The van der Waals surface area contributed by atoms with Gasteiger partial charge in [-0.3, -0.25) is 10.3 Å². The summed E-state index contributed by atoms with van der Waals surface area (Å²) in [5, 5.41) is 3.24. The van der Waals surface area contributed by atoms with Crippen LogP contribution in [0.4, 0.5) is 9.93 Å². The fraction of sp³-hybridized carbons (Fsp3) is 0.250. The molecule has 4 rings (SSSR count). The molecule has 5 nitrogen and oxygen atoms in total. The molecule has 6 heteroatoms. The van der Waals surface area contributed by atoms with Crippen molar-refractivity contribution in [2.75, 3.05) is 5.32 Å². The van der Waals surface area contributed by atoms with Crippen LogP contribution in [0, 0.1) is 6.92 Å². The van der Waals surface area contributed by atoms with Gasteiger partial charge in [0.1, 0.15) is 5.75 Å². The molecule has 0 bridgehead atoms. The van der Waals surface area contributed by atoms with Crippen molar-refractivity contribution >= 4 is 22.6 Å². The SMILES string of the molecule is Cc1nc(NC(=O)Oc2ccccc2)sc1-c1ccnc(C2CCC2)c1. The molecule has 1 amide bonds. The molecule has 1 aliphatic rings. The summed E-state index contributed by atoms with van der Waals surface area (Å²) in [6, 6.07) is 13.1. The van der Waals surface area contributed by atoms with Gasteiger partial charge in [0.2, 0.25) is 0 Å². The molecule has 0 saturated heterocycles. The second-order valence-electron chi connectivity index (χ2n) is 6.36. The molecule has 1 fully saturated rings. The highest BCUT2D eigenvalue weighted by Crippen LogP contribution is 2.38. The lowest BCUT2D eigenvalue weighted by Crippen LogP contribution is -2.16. The van der Waals surface area contributed by atoms with Crippen molar-refractivity contribution in [3.63, 3.8) is 0 Å². The third kappa shape index (κ3) is 3.60. The molecule has 2 aromatic heterocycles. The highest BCUT2D eigenvalue weighted by Gasteiger charge is 2.21. The number of pyridine rings is 1. The van der Waals surface area contributed by atoms with E-state index in [1.54, 1.807) is 12.1 Å². The normalized spacial score (nSPS) is 13.9. The molecule has 0 spiro atoms. The molecule has 0 aliphatic heterocycles. The lowest BCUT2D eigenvalue weighted by Gasteiger charge is -2.24. The number of anilines is 1. The number of thiazole rings is 1. The molecule has 1 saturated carbocycles. The summed E-state index contributed by atoms with van der Waals surface area (Å²) < 4.78 is 5.25. The number of rotatable bonds is 4. The van der Waals surface area contributed by atoms with E-state index in [2.05, 4.69) is 21.4 Å². The first-order valence-corrected chi connectivity index (χ1v) is 9.48. The Labute approximate surface area is 156 Å². The van der Waals surface area contributed by atoms with Crippen molar-refractivity contribution in [2.45, 2.75) is 32.1 Å². The molecular formula is C20H19N3O2S. The van der Waals surface area contributed by atoms with Crippen molar-refractivity contribution in [1.82, 2.24) is 9.97 Å². The number of carbonyl (C=O) groups excluding carboxylic acids is 1. The standard InChI is InChI=1S/C20H19N3O2S/c1-13-18(15-10-11-21-17(12-15)14-6-5-7-14)26-19(22-13)23-20(24)25-16-8-3-2-4-9-16/h2-4,8-12,14H,5-7H2,1H3,(H,22,23,24). The average Bonchev–Trinajstić information content (AvgIpc) is 2.94. The van der Waals surface area contributed by atoms with Crippen LogP contribution < -0.4 is 10.1 Å². The van der Waals surface area contributed by atoms with Crippen molar-refractivity contribution in [2.24, 2.45) is 0 Å². The molecule has 0 unspecified atom stereocenters. The van der Waals surface area contributed by atoms with Gasteiger partial charge in [0.05, 0.1) is 10.6 Å². The first-order valence-electron chi connectivity index (χ1n) is 8.66. The second-order valence-corrected chi connectivity index (χ2v) is 7.36. The summed E-state index contributed by atoms with van der Waals surface area (Å²) in [6.45, 7) is 1.95. The fourth-order valence-corrected chi connectivity index (χ4v) is 3.89. The lowest BCUT2D eigenvalue weighted by atomic mass is 9.82. The molecular weight excluding hydrogens is 346 g/mol. The number of ether oxygens (including phenoxy) is 1. The van der Waals surface area contributed by atoms with E-state index >= 15 is 0 Å². The van der Waals surface area contributed by atoms with Gasteiger partial charge in [-0.2, -0.15) is 0 Å². The monoisotopic (exact) mass is 365 g/mol. The van der Waals surface area contributed by atoms with Gasteiger partial charge < -0.3 is 4.74 Å². The third-order valence-electron chi connectivity index (χ3n) is 4.53. The van der Waals surface area contributed by atoms with Crippen molar-refractivity contribution < 1.29 is 9.53 Å². The number of benzene rings is 1. The van der Waals surface area contributed by atoms with Crippen LogP contribution in [0.25, 0.3) is 10.4 Å². The summed E-state index contributed by atoms with van der Waals surface area (Å²) in [5.41, 5.74) is 3.14. The zero-order valence-electron chi connectivity index (χ0n) is 14.4. The smallest absolute Gasteiger partial charge is 0.410 e. The summed E-state index contributed by atoms with van der Waals surface area (Å²) in [6.07, 6.45) is 5.04. The molecule has 0 radical (unpaired) electrons. The Morgan fingerprint density at radius 1 is 1.23 bits per heavy atom. The van der Waals surface area contributed by atoms with E-state index in [1.165, 1.54) is 30.6 Å². The van der Waals surface area contributed by atoms with Crippen molar-refractivity contribution in [3.8, 4) is 16.2 Å². The van der Waals surface area contributed by atoms with Crippen LogP contribution in [0.3, 0.4) is 0 Å². The van der Waals surface area contributed by atoms with E-state index in [1.807, 2.05) is 37.4 Å². The molecule has 132 valence electrons. The van der Waals surface area contributed by atoms with Crippen LogP contribution in [0.15, 0.2) is 48.7 Å².